The van der Waals surface area contributed by atoms with Crippen molar-refractivity contribution in [2.75, 3.05) is 13.1 Å². The maximum absolute atomic E-state index is 12.3. The van der Waals surface area contributed by atoms with Crippen LogP contribution in [-0.4, -0.2) is 43.7 Å². The fourth-order valence-electron chi connectivity index (χ4n) is 3.68. The molecular weight excluding hydrogens is 356 g/mol. The minimum atomic E-state index is -0.256. The second kappa shape index (κ2) is 8.39. The second-order valence-electron chi connectivity index (χ2n) is 7.11. The molecule has 146 valence electrons. The number of benzene rings is 1. The van der Waals surface area contributed by atoms with Crippen LogP contribution in [0.5, 0.6) is 0 Å². The van der Waals surface area contributed by atoms with Gasteiger partial charge in [-0.05, 0) is 36.5 Å². The first kappa shape index (κ1) is 18.4. The lowest BCUT2D eigenvalue weighted by molar-refractivity contribution is 0.0806. The minimum absolute atomic E-state index is 0.110. The zero-order valence-electron chi connectivity index (χ0n) is 15.7. The SMILES string of the molecule is O=C(OCc1ccccc1)N1CCC(Cn2c(CO)nc3cccnc32)CC1. The zero-order chi connectivity index (χ0) is 19.3. The Bertz CT molecular complexity index is 933. The third kappa shape index (κ3) is 3.99. The van der Waals surface area contributed by atoms with Crippen LogP contribution < -0.4 is 0 Å². The van der Waals surface area contributed by atoms with E-state index in [4.69, 9.17) is 4.74 Å². The molecule has 0 atom stereocenters. The molecule has 1 N–H and O–H groups in total. The highest BCUT2D eigenvalue weighted by Gasteiger charge is 2.25. The topological polar surface area (TPSA) is 80.5 Å². The molecular formula is C21H24N4O3. The highest BCUT2D eigenvalue weighted by molar-refractivity contribution is 5.71. The molecule has 1 amide bonds. The van der Waals surface area contributed by atoms with Crippen LogP contribution in [0.3, 0.4) is 0 Å². The van der Waals surface area contributed by atoms with E-state index in [0.717, 1.165) is 36.1 Å². The summed E-state index contributed by atoms with van der Waals surface area (Å²) >= 11 is 0. The molecule has 3 aromatic rings. The first-order valence-corrected chi connectivity index (χ1v) is 9.61. The van der Waals surface area contributed by atoms with Crippen molar-refractivity contribution in [3.8, 4) is 0 Å². The fourth-order valence-corrected chi connectivity index (χ4v) is 3.68. The molecule has 1 aliphatic rings. The summed E-state index contributed by atoms with van der Waals surface area (Å²) in [6.07, 6.45) is 3.26. The van der Waals surface area contributed by atoms with Crippen LogP contribution in [0.15, 0.2) is 48.7 Å². The lowest BCUT2D eigenvalue weighted by atomic mass is 9.97. The van der Waals surface area contributed by atoms with Crippen molar-refractivity contribution in [2.24, 2.45) is 5.92 Å². The summed E-state index contributed by atoms with van der Waals surface area (Å²) in [6.45, 7) is 2.28. The van der Waals surface area contributed by atoms with Crippen LogP contribution in [0.1, 0.15) is 24.2 Å². The van der Waals surface area contributed by atoms with E-state index in [9.17, 15) is 9.90 Å². The largest absolute Gasteiger partial charge is 0.445 e. The number of pyridine rings is 1. The Kier molecular flexibility index (Phi) is 5.53. The third-order valence-electron chi connectivity index (χ3n) is 5.24. The number of imidazole rings is 1. The summed E-state index contributed by atoms with van der Waals surface area (Å²) in [5.74, 6) is 1.04. The molecule has 0 saturated carbocycles. The van der Waals surface area contributed by atoms with E-state index in [1.165, 1.54) is 0 Å². The smallest absolute Gasteiger partial charge is 0.410 e. The Morgan fingerprint density at radius 1 is 1.14 bits per heavy atom. The first-order chi connectivity index (χ1) is 13.7. The molecule has 0 unspecified atom stereocenters. The van der Waals surface area contributed by atoms with E-state index in [1.54, 1.807) is 11.1 Å². The summed E-state index contributed by atoms with van der Waals surface area (Å²) in [7, 11) is 0. The monoisotopic (exact) mass is 380 g/mol. The lowest BCUT2D eigenvalue weighted by Gasteiger charge is -2.31. The van der Waals surface area contributed by atoms with Crippen LogP contribution in [0.4, 0.5) is 4.79 Å². The van der Waals surface area contributed by atoms with Gasteiger partial charge in [-0.25, -0.2) is 14.8 Å². The van der Waals surface area contributed by atoms with Crippen molar-refractivity contribution >= 4 is 17.3 Å². The van der Waals surface area contributed by atoms with E-state index in [-0.39, 0.29) is 12.7 Å². The van der Waals surface area contributed by atoms with Crippen molar-refractivity contribution in [1.29, 1.82) is 0 Å². The molecule has 1 aliphatic heterocycles. The summed E-state index contributed by atoms with van der Waals surface area (Å²) in [5, 5.41) is 9.64. The van der Waals surface area contributed by atoms with Crippen LogP contribution in [0.2, 0.25) is 0 Å². The Balaban J connectivity index is 1.33. The van der Waals surface area contributed by atoms with Gasteiger partial charge in [-0.1, -0.05) is 30.3 Å². The molecule has 0 bridgehead atoms. The van der Waals surface area contributed by atoms with Gasteiger partial charge in [0.15, 0.2) is 5.65 Å². The van der Waals surface area contributed by atoms with E-state index in [1.807, 2.05) is 47.0 Å². The maximum atomic E-state index is 12.3. The van der Waals surface area contributed by atoms with Gasteiger partial charge in [0.05, 0.1) is 0 Å². The lowest BCUT2D eigenvalue weighted by Crippen LogP contribution is -2.39. The van der Waals surface area contributed by atoms with Gasteiger partial charge < -0.3 is 19.3 Å². The predicted molar refractivity (Wildman–Crippen MR) is 104 cm³/mol. The summed E-state index contributed by atoms with van der Waals surface area (Å²) < 4.78 is 7.43. The van der Waals surface area contributed by atoms with Gasteiger partial charge in [0.1, 0.15) is 24.6 Å². The standard InChI is InChI=1S/C21H24N4O3/c26-14-19-23-18-7-4-10-22-20(18)25(19)13-16-8-11-24(12-9-16)21(27)28-15-17-5-2-1-3-6-17/h1-7,10,16,26H,8-9,11-15H2. The number of ether oxygens (including phenoxy) is 1. The van der Waals surface area contributed by atoms with Gasteiger partial charge in [-0.2, -0.15) is 0 Å². The molecule has 1 saturated heterocycles. The number of piperidine rings is 1. The van der Waals surface area contributed by atoms with Crippen molar-refractivity contribution in [3.05, 3.63) is 60.0 Å². The summed E-state index contributed by atoms with van der Waals surface area (Å²) in [4.78, 5) is 23.0. The van der Waals surface area contributed by atoms with Crippen LogP contribution in [0, 0.1) is 5.92 Å². The van der Waals surface area contributed by atoms with E-state index in [0.29, 0.717) is 31.4 Å². The number of fused-ring (bicyclic) bond motifs is 1. The van der Waals surface area contributed by atoms with Gasteiger partial charge in [0.25, 0.3) is 0 Å². The number of nitrogens with zero attached hydrogens (tertiary/aromatic N) is 4. The molecule has 0 spiro atoms. The predicted octanol–water partition coefficient (Wildman–Crippen LogP) is 2.97. The van der Waals surface area contributed by atoms with Crippen LogP contribution in [-0.2, 0) is 24.5 Å². The maximum Gasteiger partial charge on any atom is 0.410 e. The molecule has 4 rings (SSSR count). The second-order valence-corrected chi connectivity index (χ2v) is 7.11. The number of aliphatic hydroxyl groups excluding tert-OH is 1. The summed E-state index contributed by atoms with van der Waals surface area (Å²) in [5.41, 5.74) is 2.59. The van der Waals surface area contributed by atoms with Gasteiger partial charge in [-0.3, -0.25) is 0 Å². The van der Waals surface area contributed by atoms with Gasteiger partial charge >= 0.3 is 6.09 Å². The van der Waals surface area contributed by atoms with Crippen molar-refractivity contribution in [2.45, 2.75) is 32.6 Å². The Hall–Kier alpha value is -2.93. The van der Waals surface area contributed by atoms with E-state index >= 15 is 0 Å². The number of carbonyl (C=O) groups excluding carboxylic acids is 1. The molecule has 2 aromatic heterocycles. The van der Waals surface area contributed by atoms with Gasteiger partial charge in [0.2, 0.25) is 0 Å². The van der Waals surface area contributed by atoms with Crippen molar-refractivity contribution < 1.29 is 14.6 Å². The Morgan fingerprint density at radius 3 is 2.68 bits per heavy atom. The quantitative estimate of drug-likeness (QED) is 0.736. The number of amides is 1. The molecule has 0 aliphatic carbocycles. The normalized spacial score (nSPS) is 15.1. The zero-order valence-corrected chi connectivity index (χ0v) is 15.7. The van der Waals surface area contributed by atoms with Crippen molar-refractivity contribution in [1.82, 2.24) is 19.4 Å². The molecule has 28 heavy (non-hydrogen) atoms. The minimum Gasteiger partial charge on any atom is -0.445 e. The Labute approximate surface area is 163 Å². The molecule has 1 aromatic carbocycles. The highest BCUT2D eigenvalue weighted by Crippen LogP contribution is 2.23. The number of hydrogen-bond donors (Lipinski definition) is 1. The summed E-state index contributed by atoms with van der Waals surface area (Å²) in [6, 6.07) is 13.5. The van der Waals surface area contributed by atoms with E-state index in [2.05, 4.69) is 9.97 Å². The number of carbonyl (C=O) groups is 1. The molecule has 7 nitrogen and oxygen atoms in total. The number of hydrogen-bond acceptors (Lipinski definition) is 5. The van der Waals surface area contributed by atoms with Gasteiger partial charge in [0, 0.05) is 25.8 Å². The average molecular weight is 380 g/mol. The molecule has 3 heterocycles. The fraction of sp³-hybridized carbons (Fsp3) is 0.381. The molecule has 7 heteroatoms. The number of likely N-dealkylation sites (tertiary alicyclic amines) is 1. The van der Waals surface area contributed by atoms with Crippen LogP contribution in [0.25, 0.3) is 11.2 Å². The molecule has 1 fully saturated rings. The highest BCUT2D eigenvalue weighted by atomic mass is 16.6. The third-order valence-corrected chi connectivity index (χ3v) is 5.24. The average Bonchev–Trinajstić information content (AvgIpc) is 3.11. The van der Waals surface area contributed by atoms with E-state index < -0.39 is 0 Å². The first-order valence-electron chi connectivity index (χ1n) is 9.61. The van der Waals surface area contributed by atoms with Gasteiger partial charge in [-0.15, -0.1) is 0 Å². The van der Waals surface area contributed by atoms with Crippen molar-refractivity contribution in [3.63, 3.8) is 0 Å². The van der Waals surface area contributed by atoms with Crippen LogP contribution >= 0.6 is 0 Å². The number of aromatic nitrogens is 3. The number of aliphatic hydroxyl groups is 1. The number of rotatable bonds is 5. The Morgan fingerprint density at radius 2 is 1.93 bits per heavy atom. The molecule has 0 radical (unpaired) electrons.